The largest absolute Gasteiger partial charge is 0.361 e. The molecule has 2 rings (SSSR count). The third-order valence-corrected chi connectivity index (χ3v) is 5.14. The van der Waals surface area contributed by atoms with E-state index in [1.165, 1.54) is 11.8 Å². The zero-order valence-corrected chi connectivity index (χ0v) is 22.3. The summed E-state index contributed by atoms with van der Waals surface area (Å²) in [7, 11) is 0. The lowest BCUT2D eigenvalue weighted by Crippen LogP contribution is -2.35. The summed E-state index contributed by atoms with van der Waals surface area (Å²) in [4.78, 5) is 26.3. The fraction of sp³-hybridized carbons (Fsp3) is 0.565. The summed E-state index contributed by atoms with van der Waals surface area (Å²) in [5.41, 5.74) is 3.12. The van der Waals surface area contributed by atoms with Gasteiger partial charge in [-0.15, -0.1) is 11.6 Å². The highest BCUT2D eigenvalue weighted by molar-refractivity contribution is 7.98. The Hall–Kier alpha value is -2.10. The summed E-state index contributed by atoms with van der Waals surface area (Å²) in [6, 6.07) is 6.34. The van der Waals surface area contributed by atoms with E-state index in [0.717, 1.165) is 34.9 Å². The molecule has 1 aromatic carbocycles. The molecular formula is C23H37ClN6O2S. The number of halogens is 1. The van der Waals surface area contributed by atoms with Crippen molar-refractivity contribution in [1.29, 1.82) is 0 Å². The molecule has 0 unspecified atom stereocenters. The molecule has 2 N–H and O–H groups in total. The Balaban J connectivity index is 0.000000335. The Bertz CT molecular complexity index is 869. The van der Waals surface area contributed by atoms with E-state index in [2.05, 4.69) is 46.4 Å². The molecule has 1 amide bonds. The molecule has 0 saturated carbocycles. The Morgan fingerprint density at radius 1 is 1.18 bits per heavy atom. The number of hydrogen-bond donors (Lipinski definition) is 2. The highest BCUT2D eigenvalue weighted by Gasteiger charge is 2.19. The molecule has 0 radical (unpaired) electrons. The fourth-order valence-electron chi connectivity index (χ4n) is 2.91. The Kier molecular flexibility index (Phi) is 13.8. The lowest BCUT2D eigenvalue weighted by molar-refractivity contribution is -0.117. The molecule has 0 aliphatic heterocycles. The van der Waals surface area contributed by atoms with Crippen LogP contribution >= 0.6 is 23.4 Å². The number of hydrogen-bond acceptors (Lipinski definition) is 8. The number of rotatable bonds is 11. The first-order valence-electron chi connectivity index (χ1n) is 11.1. The molecule has 0 atom stereocenters. The van der Waals surface area contributed by atoms with Crippen LogP contribution < -0.4 is 15.5 Å². The van der Waals surface area contributed by atoms with E-state index < -0.39 is 0 Å². The number of alkyl halides is 1. The van der Waals surface area contributed by atoms with Gasteiger partial charge >= 0.3 is 0 Å². The molecule has 0 spiro atoms. The van der Waals surface area contributed by atoms with Gasteiger partial charge in [-0.1, -0.05) is 36.9 Å². The molecule has 1 heterocycles. The average molecular weight is 497 g/mol. The molecule has 0 bridgehead atoms. The van der Waals surface area contributed by atoms with Crippen molar-refractivity contribution < 1.29 is 9.53 Å². The van der Waals surface area contributed by atoms with E-state index in [0.29, 0.717) is 24.5 Å². The predicted octanol–water partition coefficient (Wildman–Crippen LogP) is 4.97. The summed E-state index contributed by atoms with van der Waals surface area (Å²) >= 11 is 7.18. The molecule has 0 fully saturated rings. The number of thioether (sulfide) groups is 1. The van der Waals surface area contributed by atoms with Crippen LogP contribution in [-0.2, 0) is 16.0 Å². The molecular weight excluding hydrogens is 460 g/mol. The van der Waals surface area contributed by atoms with Crippen LogP contribution in [0.15, 0.2) is 23.4 Å². The number of ether oxygens (including phenoxy) is 1. The minimum atomic E-state index is -0.130. The van der Waals surface area contributed by atoms with Crippen LogP contribution in [0.25, 0.3) is 0 Å². The number of para-hydroxylation sites is 1. The van der Waals surface area contributed by atoms with Crippen LogP contribution in [0.5, 0.6) is 0 Å². The summed E-state index contributed by atoms with van der Waals surface area (Å²) in [5.74, 6) is 1.08. The van der Waals surface area contributed by atoms with Gasteiger partial charge in [0.25, 0.3) is 0 Å². The number of aromatic nitrogens is 3. The maximum Gasteiger partial charge on any atom is 0.243 e. The first-order chi connectivity index (χ1) is 15.8. The summed E-state index contributed by atoms with van der Waals surface area (Å²) in [6.45, 7) is 13.7. The fourth-order valence-corrected chi connectivity index (χ4v) is 3.41. The van der Waals surface area contributed by atoms with E-state index in [-0.39, 0.29) is 18.5 Å². The maximum atomic E-state index is 12.0. The van der Waals surface area contributed by atoms with Crippen LogP contribution in [0.3, 0.4) is 0 Å². The van der Waals surface area contributed by atoms with Gasteiger partial charge in [-0.05, 0) is 58.4 Å². The van der Waals surface area contributed by atoms with Gasteiger partial charge in [0.15, 0.2) is 5.16 Å². The number of nitrogens with one attached hydrogen (secondary N) is 2. The van der Waals surface area contributed by atoms with Crippen molar-refractivity contribution in [1.82, 2.24) is 15.0 Å². The van der Waals surface area contributed by atoms with Gasteiger partial charge in [-0.25, -0.2) is 0 Å². The number of carbonyl (C=O) groups is 1. The van der Waals surface area contributed by atoms with Crippen molar-refractivity contribution in [2.45, 2.75) is 59.2 Å². The topological polar surface area (TPSA) is 92.3 Å². The van der Waals surface area contributed by atoms with Gasteiger partial charge in [0.05, 0.1) is 5.69 Å². The monoisotopic (exact) mass is 496 g/mol. The summed E-state index contributed by atoms with van der Waals surface area (Å²) in [6.07, 6.45) is 2.82. The van der Waals surface area contributed by atoms with Crippen molar-refractivity contribution in [3.63, 3.8) is 0 Å². The van der Waals surface area contributed by atoms with Gasteiger partial charge in [-0.2, -0.15) is 15.0 Å². The number of carbonyl (C=O) groups excluding carboxylic acids is 1. The van der Waals surface area contributed by atoms with Gasteiger partial charge in [0.2, 0.25) is 17.8 Å². The number of anilines is 3. The number of benzene rings is 1. The summed E-state index contributed by atoms with van der Waals surface area (Å²) in [5, 5.41) is 6.97. The van der Waals surface area contributed by atoms with Gasteiger partial charge in [0, 0.05) is 19.2 Å². The van der Waals surface area contributed by atoms with Crippen molar-refractivity contribution in [3.8, 4) is 0 Å². The highest BCUT2D eigenvalue weighted by atomic mass is 35.5. The van der Waals surface area contributed by atoms with Crippen molar-refractivity contribution >= 4 is 46.9 Å². The molecule has 0 aliphatic rings. The minimum Gasteiger partial charge on any atom is -0.361 e. The Labute approximate surface area is 207 Å². The van der Waals surface area contributed by atoms with E-state index in [1.807, 2.05) is 45.2 Å². The van der Waals surface area contributed by atoms with Gasteiger partial charge < -0.3 is 15.4 Å². The zero-order chi connectivity index (χ0) is 24.8. The van der Waals surface area contributed by atoms with Gasteiger partial charge in [-0.3, -0.25) is 9.69 Å². The lowest BCUT2D eigenvalue weighted by Gasteiger charge is -2.25. The number of nitrogens with zero attached hydrogens (tertiary/aromatic N) is 4. The SMILES string of the molecule is CCNc1nc(NC(C)C)nc(SC)n1.CCOCN(C(=O)CCl)c1c(C)cccc1CC. The molecule has 184 valence electrons. The molecule has 0 aliphatic carbocycles. The van der Waals surface area contributed by atoms with Crippen molar-refractivity contribution in [2.75, 3.05) is 47.6 Å². The standard InChI is InChI=1S/C14H20ClNO2.C9H17N5S/c1-4-12-8-6-7-11(3)14(12)16(10-18-5-2)13(17)9-15;1-5-10-7-12-8(11-6(2)3)14-9(13-7)15-4/h6-8H,4-5,9-10H2,1-3H3;6H,5H2,1-4H3,(H2,10,11,12,13,14). The lowest BCUT2D eigenvalue weighted by atomic mass is 10.0. The van der Waals surface area contributed by atoms with Gasteiger partial charge in [0.1, 0.15) is 12.6 Å². The van der Waals surface area contributed by atoms with Crippen LogP contribution in [0.1, 0.15) is 45.7 Å². The quantitative estimate of drug-likeness (QED) is 0.256. The van der Waals surface area contributed by atoms with E-state index in [1.54, 1.807) is 4.90 Å². The molecule has 8 nitrogen and oxygen atoms in total. The van der Waals surface area contributed by atoms with E-state index in [9.17, 15) is 4.79 Å². The molecule has 0 saturated heterocycles. The van der Waals surface area contributed by atoms with Crippen LogP contribution in [0, 0.1) is 6.92 Å². The zero-order valence-electron chi connectivity index (χ0n) is 20.7. The highest BCUT2D eigenvalue weighted by Crippen LogP contribution is 2.26. The second-order valence-corrected chi connectivity index (χ2v) is 8.35. The first-order valence-corrected chi connectivity index (χ1v) is 12.9. The van der Waals surface area contributed by atoms with Crippen LogP contribution in [-0.4, -0.2) is 58.9 Å². The Morgan fingerprint density at radius 2 is 1.88 bits per heavy atom. The minimum absolute atomic E-state index is 0.0371. The van der Waals surface area contributed by atoms with E-state index >= 15 is 0 Å². The Morgan fingerprint density at radius 3 is 2.42 bits per heavy atom. The third kappa shape index (κ3) is 9.73. The first kappa shape index (κ1) is 28.9. The predicted molar refractivity (Wildman–Crippen MR) is 140 cm³/mol. The molecule has 10 heteroatoms. The second-order valence-electron chi connectivity index (χ2n) is 7.31. The summed E-state index contributed by atoms with van der Waals surface area (Å²) < 4.78 is 5.37. The maximum absolute atomic E-state index is 12.0. The molecule has 33 heavy (non-hydrogen) atoms. The number of aryl methyl sites for hydroxylation is 2. The van der Waals surface area contributed by atoms with Crippen LogP contribution in [0.2, 0.25) is 0 Å². The molecule has 2 aromatic rings. The van der Waals surface area contributed by atoms with Crippen molar-refractivity contribution in [2.24, 2.45) is 0 Å². The smallest absolute Gasteiger partial charge is 0.243 e. The molecule has 1 aromatic heterocycles. The average Bonchev–Trinajstić information content (AvgIpc) is 2.79. The second kappa shape index (κ2) is 15.7. The van der Waals surface area contributed by atoms with Crippen molar-refractivity contribution in [3.05, 3.63) is 29.3 Å². The number of amides is 1. The van der Waals surface area contributed by atoms with Crippen LogP contribution in [0.4, 0.5) is 17.6 Å². The third-order valence-electron chi connectivity index (χ3n) is 4.36. The normalized spacial score (nSPS) is 10.5. The van der Waals surface area contributed by atoms with E-state index in [4.69, 9.17) is 16.3 Å².